The molecular formula is C55H62Cl4N2O9. The number of aryl methyl sites for hydroxylation is 2. The van der Waals surface area contributed by atoms with Crippen molar-refractivity contribution in [2.45, 2.75) is 96.8 Å². The number of hydrogen-bond donors (Lipinski definition) is 0. The Hall–Kier alpha value is -5.46. The average molecular weight is 1040 g/mol. The van der Waals surface area contributed by atoms with E-state index < -0.39 is 33.8 Å². The van der Waals surface area contributed by atoms with Crippen molar-refractivity contribution in [2.24, 2.45) is 5.41 Å². The second-order valence-electron chi connectivity index (χ2n) is 19.1. The van der Waals surface area contributed by atoms with Gasteiger partial charge in [-0.3, -0.25) is 19.3 Å². The minimum atomic E-state index is -1.76. The molecule has 0 N–H and O–H groups in total. The lowest BCUT2D eigenvalue weighted by molar-refractivity contribution is -0.152. The van der Waals surface area contributed by atoms with Crippen LogP contribution < -0.4 is 9.47 Å². The van der Waals surface area contributed by atoms with Crippen LogP contribution in [0.2, 0.25) is 5.02 Å². The number of halogens is 4. The van der Waals surface area contributed by atoms with E-state index in [0.29, 0.717) is 35.1 Å². The molecule has 5 aromatic rings. The Kier molecular flexibility index (Phi) is 20.3. The van der Waals surface area contributed by atoms with Gasteiger partial charge in [0.15, 0.2) is 0 Å². The van der Waals surface area contributed by atoms with E-state index in [-0.39, 0.29) is 63.6 Å². The Morgan fingerprint density at radius 1 is 0.543 bits per heavy atom. The third kappa shape index (κ3) is 19.4. The summed E-state index contributed by atoms with van der Waals surface area (Å²) in [5.74, 6) is 0.101. The van der Waals surface area contributed by atoms with E-state index in [4.69, 9.17) is 70.1 Å². The Bertz CT molecular complexity index is 2480. The molecule has 2 amide bonds. The maximum absolute atomic E-state index is 13.9. The fourth-order valence-electron chi connectivity index (χ4n) is 7.37. The van der Waals surface area contributed by atoms with Crippen molar-refractivity contribution in [3.05, 3.63) is 165 Å². The summed E-state index contributed by atoms with van der Waals surface area (Å²) in [6.07, 6.45) is -1.00. The van der Waals surface area contributed by atoms with Gasteiger partial charge in [0.2, 0.25) is 3.79 Å². The molecule has 5 rings (SSSR count). The summed E-state index contributed by atoms with van der Waals surface area (Å²) in [4.78, 5) is 55.8. The third-order valence-electron chi connectivity index (χ3n) is 10.9. The number of alkyl halides is 3. The molecule has 0 bridgehead atoms. The van der Waals surface area contributed by atoms with Crippen molar-refractivity contribution < 1.29 is 42.9 Å². The summed E-state index contributed by atoms with van der Waals surface area (Å²) in [6, 6.07) is 35.6. The van der Waals surface area contributed by atoms with Crippen LogP contribution in [0.25, 0.3) is 0 Å². The Morgan fingerprint density at radius 2 is 1.03 bits per heavy atom. The Balaban J connectivity index is 1.08. The van der Waals surface area contributed by atoms with E-state index in [1.54, 1.807) is 41.3 Å². The lowest BCUT2D eigenvalue weighted by atomic mass is 9.87. The summed E-state index contributed by atoms with van der Waals surface area (Å²) in [5, 5.41) is 0.513. The lowest BCUT2D eigenvalue weighted by Gasteiger charge is -2.32. The maximum atomic E-state index is 13.9. The van der Waals surface area contributed by atoms with Crippen LogP contribution in [0.4, 0.5) is 4.79 Å². The first-order valence-electron chi connectivity index (χ1n) is 22.9. The number of amides is 2. The molecule has 70 heavy (non-hydrogen) atoms. The zero-order valence-corrected chi connectivity index (χ0v) is 43.9. The van der Waals surface area contributed by atoms with Crippen LogP contribution >= 0.6 is 46.4 Å². The first kappa shape index (κ1) is 55.5. The number of rotatable bonds is 22. The van der Waals surface area contributed by atoms with Gasteiger partial charge < -0.3 is 28.6 Å². The number of hydrogen-bond acceptors (Lipinski definition) is 9. The van der Waals surface area contributed by atoms with Crippen molar-refractivity contribution in [3.8, 4) is 11.5 Å². The molecule has 0 saturated heterocycles. The molecule has 374 valence electrons. The van der Waals surface area contributed by atoms with Gasteiger partial charge in [-0.25, -0.2) is 4.79 Å². The fraction of sp³-hybridized carbons (Fsp3) is 0.382. The van der Waals surface area contributed by atoms with Gasteiger partial charge in [0.25, 0.3) is 5.91 Å². The van der Waals surface area contributed by atoms with E-state index in [1.807, 2.05) is 94.4 Å². The number of carbonyl (C=O) groups excluding carboxylic acids is 4. The first-order valence-corrected chi connectivity index (χ1v) is 24.5. The molecule has 0 radical (unpaired) electrons. The number of benzene rings is 5. The third-order valence-corrected chi connectivity index (χ3v) is 11.4. The molecule has 0 fully saturated rings. The summed E-state index contributed by atoms with van der Waals surface area (Å²) >= 11 is 23.6. The van der Waals surface area contributed by atoms with Crippen LogP contribution in [0.3, 0.4) is 0 Å². The predicted molar refractivity (Wildman–Crippen MR) is 276 cm³/mol. The molecule has 15 heteroatoms. The minimum absolute atomic E-state index is 0.000103. The highest BCUT2D eigenvalue weighted by molar-refractivity contribution is 6.67. The Labute approximate surface area is 432 Å². The van der Waals surface area contributed by atoms with Crippen LogP contribution in [-0.2, 0) is 55.5 Å². The minimum Gasteiger partial charge on any atom is -0.490 e. The monoisotopic (exact) mass is 1030 g/mol. The van der Waals surface area contributed by atoms with E-state index in [0.717, 1.165) is 33.6 Å². The zero-order valence-electron chi connectivity index (χ0n) is 40.8. The normalized spacial score (nSPS) is 11.6. The molecule has 0 aliphatic rings. The lowest BCUT2D eigenvalue weighted by Crippen LogP contribution is -2.40. The van der Waals surface area contributed by atoms with Crippen LogP contribution in [0.5, 0.6) is 11.5 Å². The van der Waals surface area contributed by atoms with Crippen molar-refractivity contribution >= 4 is 70.3 Å². The maximum Gasteiger partial charge on any atom is 0.410 e. The summed E-state index contributed by atoms with van der Waals surface area (Å²) in [5.41, 5.74) is 6.52. The van der Waals surface area contributed by atoms with Gasteiger partial charge in [0.05, 0.1) is 19.4 Å². The molecule has 5 aromatic carbocycles. The molecule has 11 nitrogen and oxygen atoms in total. The van der Waals surface area contributed by atoms with Gasteiger partial charge in [-0.1, -0.05) is 159 Å². The van der Waals surface area contributed by atoms with Gasteiger partial charge in [0, 0.05) is 42.2 Å². The average Bonchev–Trinajstić information content (AvgIpc) is 3.30. The highest BCUT2D eigenvalue weighted by Crippen LogP contribution is 2.28. The molecule has 0 aromatic heterocycles. The van der Waals surface area contributed by atoms with Crippen LogP contribution in [-0.4, -0.2) is 70.5 Å². The van der Waals surface area contributed by atoms with Crippen LogP contribution in [0.15, 0.2) is 115 Å². The van der Waals surface area contributed by atoms with Crippen molar-refractivity contribution in [3.63, 3.8) is 0 Å². The first-order chi connectivity index (χ1) is 33.0. The molecule has 0 unspecified atom stereocenters. The summed E-state index contributed by atoms with van der Waals surface area (Å²) in [7, 11) is 0. The van der Waals surface area contributed by atoms with Gasteiger partial charge >= 0.3 is 18.0 Å². The second kappa shape index (κ2) is 25.6. The Morgan fingerprint density at radius 3 is 1.57 bits per heavy atom. The number of esters is 2. The van der Waals surface area contributed by atoms with E-state index >= 15 is 0 Å². The van der Waals surface area contributed by atoms with Crippen LogP contribution in [0, 0.1) is 19.3 Å². The standard InChI is InChI=1S/C55H62Cl4N2O9/c1-38-28-39(2)30-43(29-38)33-60(52(65)70-37-55(57,58)59)31-40-8-10-42(11-9-40)34-68-49(62)24-25-50(63)69-36-54(6,7)35-61(51(64)44-14-18-46(56)19-15-44)32-41-12-20-47(21-13-41)66-26-27-67-48-22-16-45(17-23-48)53(3,4)5/h8-23,28-30H,24-27,31-37H2,1-7H3. The molecule has 0 spiro atoms. The van der Waals surface area contributed by atoms with Crippen LogP contribution in [0.1, 0.15) is 96.8 Å². The van der Waals surface area contributed by atoms with Gasteiger partial charge in [-0.15, -0.1) is 0 Å². The molecule has 0 heterocycles. The van der Waals surface area contributed by atoms with Crippen molar-refractivity contribution in [1.29, 1.82) is 0 Å². The number of carbonyl (C=O) groups is 4. The quantitative estimate of drug-likeness (QED) is 0.0289. The van der Waals surface area contributed by atoms with Crippen molar-refractivity contribution in [1.82, 2.24) is 9.80 Å². The summed E-state index contributed by atoms with van der Waals surface area (Å²) < 4.78 is 26.4. The zero-order chi connectivity index (χ0) is 51.1. The largest absolute Gasteiger partial charge is 0.490 e. The summed E-state index contributed by atoms with van der Waals surface area (Å²) in [6.45, 7) is 15.6. The van der Waals surface area contributed by atoms with E-state index in [1.165, 1.54) is 10.5 Å². The molecule has 0 aliphatic carbocycles. The molecule has 0 saturated carbocycles. The molecular weight excluding hydrogens is 974 g/mol. The van der Waals surface area contributed by atoms with Crippen molar-refractivity contribution in [2.75, 3.05) is 33.0 Å². The predicted octanol–water partition coefficient (Wildman–Crippen LogP) is 13.0. The molecule has 0 aliphatic heterocycles. The highest BCUT2D eigenvalue weighted by Gasteiger charge is 2.29. The number of ether oxygens (including phenoxy) is 5. The van der Waals surface area contributed by atoms with Gasteiger partial charge in [0.1, 0.15) is 37.9 Å². The fourth-order valence-corrected chi connectivity index (χ4v) is 7.66. The van der Waals surface area contributed by atoms with Gasteiger partial charge in [-0.05, 0) is 95.6 Å². The second-order valence-corrected chi connectivity index (χ2v) is 22.1. The van der Waals surface area contributed by atoms with Gasteiger partial charge in [-0.2, -0.15) is 0 Å². The molecule has 0 atom stereocenters. The van der Waals surface area contributed by atoms with E-state index in [2.05, 4.69) is 32.9 Å². The van der Waals surface area contributed by atoms with E-state index in [9.17, 15) is 19.2 Å². The highest BCUT2D eigenvalue weighted by atomic mass is 35.6. The topological polar surface area (TPSA) is 121 Å². The smallest absolute Gasteiger partial charge is 0.410 e. The number of nitrogens with zero attached hydrogens (tertiary/aromatic N) is 2. The SMILES string of the molecule is Cc1cc(C)cc(CN(Cc2ccc(COC(=O)CCC(=O)OCC(C)(C)CN(Cc3ccc(OCCOc4ccc(C(C)(C)C)cc4)cc3)C(=O)c3ccc(Cl)cc3)cc2)C(=O)OCC(Cl)(Cl)Cl)c1.